The monoisotopic (exact) mass is 329 g/mol. The summed E-state index contributed by atoms with van der Waals surface area (Å²) in [7, 11) is 1.98. The molecule has 130 valence electrons. The van der Waals surface area contributed by atoms with Crippen LogP contribution in [0.25, 0.3) is 0 Å². The van der Waals surface area contributed by atoms with Crippen molar-refractivity contribution in [1.82, 2.24) is 25.1 Å². The smallest absolute Gasteiger partial charge is 0.125 e. The summed E-state index contributed by atoms with van der Waals surface area (Å²) in [6.07, 6.45) is 6.17. The SMILES string of the molecule is Cc1ncc(C(C)NC[C@@H]2CCCO[C@H]2c2ccnn2C)c(C)n1. The van der Waals surface area contributed by atoms with Crippen molar-refractivity contribution < 1.29 is 4.74 Å². The Morgan fingerprint density at radius 1 is 1.42 bits per heavy atom. The quantitative estimate of drug-likeness (QED) is 0.913. The Morgan fingerprint density at radius 2 is 2.25 bits per heavy atom. The van der Waals surface area contributed by atoms with E-state index in [-0.39, 0.29) is 12.1 Å². The van der Waals surface area contributed by atoms with Gasteiger partial charge in [0.1, 0.15) is 11.9 Å². The standard InChI is InChI=1S/C18H27N5O/c1-12(16-11-20-14(3)22-13(16)2)19-10-15-6-5-9-24-18(15)17-7-8-21-23(17)4/h7-8,11-12,15,18-19H,5-6,9-10H2,1-4H3/t12?,15-,18+/m0/s1. The van der Waals surface area contributed by atoms with Crippen molar-refractivity contribution in [3.05, 3.63) is 41.2 Å². The van der Waals surface area contributed by atoms with Gasteiger partial charge in [0.2, 0.25) is 0 Å². The summed E-state index contributed by atoms with van der Waals surface area (Å²) in [6.45, 7) is 7.87. The molecule has 1 N–H and O–H groups in total. The van der Waals surface area contributed by atoms with E-state index in [1.54, 1.807) is 0 Å². The number of ether oxygens (including phenoxy) is 1. The summed E-state index contributed by atoms with van der Waals surface area (Å²) >= 11 is 0. The molecule has 2 aromatic rings. The number of aromatic nitrogens is 4. The fourth-order valence-corrected chi connectivity index (χ4v) is 3.50. The van der Waals surface area contributed by atoms with E-state index in [4.69, 9.17) is 4.74 Å². The average molecular weight is 329 g/mol. The fraction of sp³-hybridized carbons (Fsp3) is 0.611. The number of rotatable bonds is 5. The molecule has 0 bridgehead atoms. The van der Waals surface area contributed by atoms with Gasteiger partial charge in [-0.25, -0.2) is 9.97 Å². The Kier molecular flexibility index (Phi) is 5.26. The third-order valence-electron chi connectivity index (χ3n) is 4.89. The van der Waals surface area contributed by atoms with Crippen LogP contribution in [0.3, 0.4) is 0 Å². The number of hydrogen-bond acceptors (Lipinski definition) is 5. The van der Waals surface area contributed by atoms with E-state index in [9.17, 15) is 0 Å². The molecule has 0 amide bonds. The predicted molar refractivity (Wildman–Crippen MR) is 92.5 cm³/mol. The molecule has 6 nitrogen and oxygen atoms in total. The minimum atomic E-state index is 0.112. The molecule has 24 heavy (non-hydrogen) atoms. The van der Waals surface area contributed by atoms with Crippen LogP contribution in [0, 0.1) is 19.8 Å². The van der Waals surface area contributed by atoms with E-state index in [2.05, 4.69) is 33.4 Å². The number of aryl methyl sites for hydroxylation is 3. The summed E-state index contributed by atoms with van der Waals surface area (Å²) < 4.78 is 7.99. The molecule has 3 rings (SSSR count). The van der Waals surface area contributed by atoms with Gasteiger partial charge in [-0.2, -0.15) is 5.10 Å². The molecule has 2 aromatic heterocycles. The van der Waals surface area contributed by atoms with Gasteiger partial charge < -0.3 is 10.1 Å². The van der Waals surface area contributed by atoms with Gasteiger partial charge in [0.25, 0.3) is 0 Å². The summed E-state index contributed by atoms with van der Waals surface area (Å²) in [5.41, 5.74) is 3.36. The van der Waals surface area contributed by atoms with Crippen molar-refractivity contribution >= 4 is 0 Å². The lowest BCUT2D eigenvalue weighted by Gasteiger charge is -2.33. The molecule has 0 saturated carbocycles. The normalized spacial score (nSPS) is 22.5. The highest BCUT2D eigenvalue weighted by Gasteiger charge is 2.29. The second-order valence-corrected chi connectivity index (χ2v) is 6.66. The van der Waals surface area contributed by atoms with Gasteiger partial charge >= 0.3 is 0 Å². The molecule has 1 fully saturated rings. The maximum absolute atomic E-state index is 6.07. The number of hydrogen-bond donors (Lipinski definition) is 1. The first-order valence-electron chi connectivity index (χ1n) is 8.69. The Hall–Kier alpha value is -1.79. The Morgan fingerprint density at radius 3 is 2.96 bits per heavy atom. The number of nitrogens with one attached hydrogen (secondary N) is 1. The molecule has 6 heteroatoms. The average Bonchev–Trinajstić information content (AvgIpc) is 2.99. The zero-order valence-corrected chi connectivity index (χ0v) is 15.0. The van der Waals surface area contributed by atoms with E-state index in [0.29, 0.717) is 5.92 Å². The molecule has 0 aliphatic carbocycles. The van der Waals surface area contributed by atoms with Crippen LogP contribution in [0.5, 0.6) is 0 Å². The second kappa shape index (κ2) is 7.40. The van der Waals surface area contributed by atoms with Crippen molar-refractivity contribution in [3.8, 4) is 0 Å². The summed E-state index contributed by atoms with van der Waals surface area (Å²) in [4.78, 5) is 8.80. The molecule has 0 spiro atoms. The molecule has 3 heterocycles. The van der Waals surface area contributed by atoms with E-state index >= 15 is 0 Å². The molecule has 1 unspecified atom stereocenters. The molecule has 1 aliphatic rings. The highest BCUT2D eigenvalue weighted by atomic mass is 16.5. The predicted octanol–water partition coefficient (Wildman–Crippen LogP) is 2.65. The second-order valence-electron chi connectivity index (χ2n) is 6.66. The maximum Gasteiger partial charge on any atom is 0.125 e. The maximum atomic E-state index is 6.07. The fourth-order valence-electron chi connectivity index (χ4n) is 3.50. The lowest BCUT2D eigenvalue weighted by Crippen LogP contribution is -2.34. The number of nitrogens with zero attached hydrogens (tertiary/aromatic N) is 4. The molecule has 1 aliphatic heterocycles. The van der Waals surface area contributed by atoms with Crippen LogP contribution in [0.1, 0.15) is 54.7 Å². The van der Waals surface area contributed by atoms with Crippen molar-refractivity contribution in [2.24, 2.45) is 13.0 Å². The molecule has 0 aromatic carbocycles. The van der Waals surface area contributed by atoms with Crippen molar-refractivity contribution in [1.29, 1.82) is 0 Å². The van der Waals surface area contributed by atoms with Crippen LogP contribution in [-0.2, 0) is 11.8 Å². The van der Waals surface area contributed by atoms with Crippen LogP contribution in [0.4, 0.5) is 0 Å². The van der Waals surface area contributed by atoms with Crippen LogP contribution in [-0.4, -0.2) is 32.9 Å². The molecule has 1 saturated heterocycles. The summed E-state index contributed by atoms with van der Waals surface area (Å²) in [5, 5.41) is 7.94. The van der Waals surface area contributed by atoms with Gasteiger partial charge in [-0.3, -0.25) is 4.68 Å². The van der Waals surface area contributed by atoms with Crippen LogP contribution in [0.2, 0.25) is 0 Å². The Balaban J connectivity index is 1.66. The van der Waals surface area contributed by atoms with Crippen LogP contribution < -0.4 is 5.32 Å². The molecule has 0 radical (unpaired) electrons. The van der Waals surface area contributed by atoms with E-state index in [1.165, 1.54) is 6.42 Å². The zero-order chi connectivity index (χ0) is 17.1. The van der Waals surface area contributed by atoms with Crippen LogP contribution in [0.15, 0.2) is 18.5 Å². The first kappa shape index (κ1) is 17.0. The first-order valence-corrected chi connectivity index (χ1v) is 8.69. The van der Waals surface area contributed by atoms with Crippen LogP contribution >= 0.6 is 0 Å². The van der Waals surface area contributed by atoms with Crippen molar-refractivity contribution in [2.75, 3.05) is 13.2 Å². The molecular weight excluding hydrogens is 302 g/mol. The van der Waals surface area contributed by atoms with Gasteiger partial charge in [0.05, 0.1) is 5.69 Å². The van der Waals surface area contributed by atoms with Gasteiger partial charge in [-0.15, -0.1) is 0 Å². The van der Waals surface area contributed by atoms with E-state index in [0.717, 1.165) is 42.3 Å². The third-order valence-corrected chi connectivity index (χ3v) is 4.89. The van der Waals surface area contributed by atoms with E-state index in [1.807, 2.05) is 38.0 Å². The van der Waals surface area contributed by atoms with E-state index < -0.39 is 0 Å². The minimum Gasteiger partial charge on any atom is -0.372 e. The highest BCUT2D eigenvalue weighted by Crippen LogP contribution is 2.33. The summed E-state index contributed by atoms with van der Waals surface area (Å²) in [6, 6.07) is 2.28. The minimum absolute atomic E-state index is 0.112. The van der Waals surface area contributed by atoms with Crippen molar-refractivity contribution in [2.45, 2.75) is 45.8 Å². The van der Waals surface area contributed by atoms with Crippen molar-refractivity contribution in [3.63, 3.8) is 0 Å². The molecular formula is C18H27N5O. The zero-order valence-electron chi connectivity index (χ0n) is 15.0. The first-order chi connectivity index (χ1) is 11.6. The van der Waals surface area contributed by atoms with Gasteiger partial charge in [0.15, 0.2) is 0 Å². The lowest BCUT2D eigenvalue weighted by atomic mass is 9.91. The van der Waals surface area contributed by atoms with Gasteiger partial charge in [-0.05, 0) is 39.7 Å². The Bertz CT molecular complexity index is 684. The Labute approximate surface area is 143 Å². The van der Waals surface area contributed by atoms with Gasteiger partial charge in [-0.1, -0.05) is 0 Å². The lowest BCUT2D eigenvalue weighted by molar-refractivity contribution is -0.0328. The largest absolute Gasteiger partial charge is 0.372 e. The summed E-state index contributed by atoms with van der Waals surface area (Å²) in [5.74, 6) is 1.27. The van der Waals surface area contributed by atoms with Gasteiger partial charge in [0, 0.05) is 55.8 Å². The highest BCUT2D eigenvalue weighted by molar-refractivity contribution is 5.19. The molecule has 3 atom stereocenters. The third kappa shape index (κ3) is 3.65. The topological polar surface area (TPSA) is 64.9 Å².